The molecule has 3 heterocycles. The van der Waals surface area contributed by atoms with Crippen LogP contribution in [-0.2, 0) is 25.5 Å². The van der Waals surface area contributed by atoms with Crippen molar-refractivity contribution in [3.8, 4) is 0 Å². The zero-order chi connectivity index (χ0) is 29.7. The number of ether oxygens (including phenoxy) is 1. The first kappa shape index (κ1) is 34.9. The number of aliphatic hydroxyl groups is 2. The van der Waals surface area contributed by atoms with E-state index in [0.29, 0.717) is 0 Å². The van der Waals surface area contributed by atoms with Gasteiger partial charge in [0.05, 0.1) is 18.3 Å². The van der Waals surface area contributed by atoms with Crippen LogP contribution in [0, 0.1) is 10.1 Å². The minimum atomic E-state index is -4.64. The van der Waals surface area contributed by atoms with Gasteiger partial charge in [-0.2, -0.15) is 9.36 Å². The van der Waals surface area contributed by atoms with Gasteiger partial charge in [-0.3, -0.25) is 4.79 Å². The number of aliphatic hydroxyl groups excluding tert-OH is 2. The molecule has 4 atom stereocenters. The number of hydrogen-bond donors (Lipinski definition) is 11. The van der Waals surface area contributed by atoms with E-state index in [1.54, 1.807) is 0 Å². The average molecular weight is 606 g/mol. The van der Waals surface area contributed by atoms with Gasteiger partial charge in [-0.15, -0.1) is 5.10 Å². The van der Waals surface area contributed by atoms with E-state index in [9.17, 15) is 25.1 Å². The molecule has 2 aromatic rings. The van der Waals surface area contributed by atoms with Crippen LogP contribution in [0.4, 0.5) is 5.82 Å². The summed E-state index contributed by atoms with van der Waals surface area (Å²) in [4.78, 5) is 87.2. The van der Waals surface area contributed by atoms with Crippen molar-refractivity contribution < 1.29 is 77.6 Å². The van der Waals surface area contributed by atoms with E-state index in [1.165, 1.54) is 14.0 Å². The summed E-state index contributed by atoms with van der Waals surface area (Å²) >= 11 is 0. The van der Waals surface area contributed by atoms with Crippen molar-refractivity contribution in [1.82, 2.24) is 24.8 Å². The van der Waals surface area contributed by atoms with E-state index in [1.807, 2.05) is 0 Å². The summed E-state index contributed by atoms with van der Waals surface area (Å²) in [5.41, 5.74) is -1.17. The van der Waals surface area contributed by atoms with E-state index in [0.717, 1.165) is 9.36 Å². The molecule has 1 aliphatic heterocycles. The Kier molecular flexibility index (Phi) is 12.4. The van der Waals surface area contributed by atoms with Crippen LogP contribution in [0.25, 0.3) is 11.0 Å². The number of fused-ring (bicyclic) bond motifs is 1. The van der Waals surface area contributed by atoms with E-state index < -0.39 is 64.3 Å². The van der Waals surface area contributed by atoms with Crippen molar-refractivity contribution >= 4 is 40.3 Å². The number of aryl methyl sites for hydroxylation is 1. The van der Waals surface area contributed by atoms with Crippen LogP contribution in [0.1, 0.15) is 13.2 Å². The smallest absolute Gasteiger partial charge is 0.388 e. The molecular formula is C10H21N6O18P3. The molecule has 0 spiro atoms. The Labute approximate surface area is 202 Å². The molecule has 24 nitrogen and oxygen atoms in total. The van der Waals surface area contributed by atoms with Gasteiger partial charge < -0.3 is 69.1 Å². The fourth-order valence-electron chi connectivity index (χ4n) is 2.39. The highest BCUT2D eigenvalue weighted by Gasteiger charge is 2.43. The summed E-state index contributed by atoms with van der Waals surface area (Å²) in [5.74, 6) is -0.587. The molecule has 4 unspecified atom stereocenters. The highest BCUT2D eigenvalue weighted by atomic mass is 31.2. The van der Waals surface area contributed by atoms with E-state index >= 15 is 0 Å². The zero-order valence-corrected chi connectivity index (χ0v) is 20.8. The third-order valence-electron chi connectivity index (χ3n) is 3.55. The number of phosphoric acid groups is 3. The number of nitro groups is 1. The summed E-state index contributed by atoms with van der Waals surface area (Å²) in [6, 6.07) is 0. The minimum absolute atomic E-state index is 0.147. The predicted molar refractivity (Wildman–Crippen MR) is 112 cm³/mol. The molecule has 1 aliphatic rings. The molecule has 214 valence electrons. The Morgan fingerprint density at radius 3 is 1.65 bits per heavy atom. The molecule has 27 heteroatoms. The molecule has 0 radical (unpaired) electrons. The molecule has 0 amide bonds. The van der Waals surface area contributed by atoms with E-state index in [2.05, 4.69) is 15.4 Å². The second-order valence-electron chi connectivity index (χ2n) is 6.49. The summed E-state index contributed by atoms with van der Waals surface area (Å²) < 4.78 is 33.7. The molecule has 11 N–H and O–H groups in total. The monoisotopic (exact) mass is 606 g/mol. The number of aromatic nitrogens is 5. The van der Waals surface area contributed by atoms with Gasteiger partial charge in [0.1, 0.15) is 12.2 Å². The lowest BCUT2D eigenvalue weighted by molar-refractivity contribution is -0.388. The van der Waals surface area contributed by atoms with E-state index in [-0.39, 0.29) is 11.0 Å². The van der Waals surface area contributed by atoms with Gasteiger partial charge >= 0.3 is 34.8 Å². The third-order valence-corrected chi connectivity index (χ3v) is 3.55. The molecule has 37 heavy (non-hydrogen) atoms. The van der Waals surface area contributed by atoms with Gasteiger partial charge in [-0.05, 0) is 11.8 Å². The van der Waals surface area contributed by atoms with Crippen LogP contribution in [0.3, 0.4) is 0 Å². The standard InChI is InChI=1S/C10H12N6O6.3H3O4P/c1-3-6(17)7(18)10(22-3)15-9(19)5-4(11-13-15)8(16(20)21)12-14(5)2;3*1-5(2,3)4/h3,6-7,10,17-18H,1-2H3;3*(H3,1,2,3,4). The van der Waals surface area contributed by atoms with Gasteiger partial charge in [-0.25, -0.2) is 13.7 Å². The lowest BCUT2D eigenvalue weighted by atomic mass is 10.1. The Hall–Kier alpha value is -2.11. The highest BCUT2D eigenvalue weighted by molar-refractivity contribution is 7.45. The molecule has 0 aliphatic carbocycles. The largest absolute Gasteiger partial charge is 0.466 e. The molecule has 1 saturated heterocycles. The van der Waals surface area contributed by atoms with Crippen molar-refractivity contribution in [1.29, 1.82) is 0 Å². The Morgan fingerprint density at radius 1 is 0.919 bits per heavy atom. The van der Waals surface area contributed by atoms with Crippen LogP contribution < -0.4 is 5.56 Å². The van der Waals surface area contributed by atoms with Gasteiger partial charge in [0.2, 0.25) is 5.52 Å². The predicted octanol–water partition coefficient (Wildman–Crippen LogP) is -4.71. The summed E-state index contributed by atoms with van der Waals surface area (Å²) in [6.45, 7) is 1.53. The fraction of sp³-hybridized carbons (Fsp3) is 0.600. The van der Waals surface area contributed by atoms with Gasteiger partial charge in [0, 0.05) is 0 Å². The quantitative estimate of drug-likeness (QED) is 0.0868. The molecule has 0 bridgehead atoms. The number of nitrogens with zero attached hydrogens (tertiary/aromatic N) is 6. The van der Waals surface area contributed by atoms with Gasteiger partial charge in [0.25, 0.3) is 0 Å². The minimum Gasteiger partial charge on any atom is -0.388 e. The SMILES string of the molecule is CC1OC(n2nnc3c([N+](=O)[O-])nn(C)c3c2=O)C(O)C1O.O=P(O)(O)O.O=P(O)(O)O.O=P(O)(O)O. The van der Waals surface area contributed by atoms with Crippen LogP contribution >= 0.6 is 23.5 Å². The molecule has 3 rings (SSSR count). The average Bonchev–Trinajstić information content (AvgIpc) is 3.10. The molecule has 0 aromatic carbocycles. The molecule has 0 saturated carbocycles. The first-order valence-electron chi connectivity index (χ1n) is 8.66. The lowest BCUT2D eigenvalue weighted by Crippen LogP contribution is -2.36. The first-order valence-corrected chi connectivity index (χ1v) is 13.4. The highest BCUT2D eigenvalue weighted by Crippen LogP contribution is 2.28. The molecular weight excluding hydrogens is 585 g/mol. The first-order chi connectivity index (χ1) is 16.3. The van der Waals surface area contributed by atoms with Crippen LogP contribution in [0.2, 0.25) is 0 Å². The maximum Gasteiger partial charge on any atom is 0.466 e. The number of rotatable bonds is 2. The summed E-state index contributed by atoms with van der Waals surface area (Å²) in [5, 5.41) is 41.3. The van der Waals surface area contributed by atoms with Crippen molar-refractivity contribution in [2.75, 3.05) is 0 Å². The van der Waals surface area contributed by atoms with Crippen molar-refractivity contribution in [2.24, 2.45) is 7.05 Å². The van der Waals surface area contributed by atoms with Crippen molar-refractivity contribution in [3.05, 3.63) is 20.5 Å². The summed E-state index contributed by atoms with van der Waals surface area (Å²) in [6.07, 6.45) is -4.49. The van der Waals surface area contributed by atoms with Crippen LogP contribution in [-0.4, -0.2) is 102 Å². The van der Waals surface area contributed by atoms with Crippen molar-refractivity contribution in [3.63, 3.8) is 0 Å². The second-order valence-corrected chi connectivity index (χ2v) is 9.57. The maximum atomic E-state index is 12.4. The van der Waals surface area contributed by atoms with Crippen LogP contribution in [0.15, 0.2) is 4.79 Å². The fourth-order valence-corrected chi connectivity index (χ4v) is 2.39. The normalized spacial score (nSPS) is 21.6. The van der Waals surface area contributed by atoms with Gasteiger partial charge in [0.15, 0.2) is 11.7 Å². The topological polar surface area (TPSA) is 392 Å². The number of hydrogen-bond acceptors (Lipinski definition) is 12. The van der Waals surface area contributed by atoms with E-state index in [4.69, 9.17) is 62.5 Å². The van der Waals surface area contributed by atoms with Gasteiger partial charge in [-0.1, -0.05) is 5.21 Å². The third kappa shape index (κ3) is 13.3. The van der Waals surface area contributed by atoms with Crippen molar-refractivity contribution in [2.45, 2.75) is 31.5 Å². The summed E-state index contributed by atoms with van der Waals surface area (Å²) in [7, 11) is -12.6. The lowest BCUT2D eigenvalue weighted by Gasteiger charge is -2.14. The zero-order valence-electron chi connectivity index (χ0n) is 18.1. The second kappa shape index (κ2) is 13.1. The Bertz CT molecular complexity index is 1200. The maximum absolute atomic E-state index is 12.4. The Morgan fingerprint density at radius 2 is 1.32 bits per heavy atom. The molecule has 1 fully saturated rings. The Balaban J connectivity index is 0.000000711. The van der Waals surface area contributed by atoms with Crippen LogP contribution in [0.5, 0.6) is 0 Å². The molecule has 2 aromatic heterocycles.